The van der Waals surface area contributed by atoms with Crippen LogP contribution in [0.1, 0.15) is 19.4 Å². The summed E-state index contributed by atoms with van der Waals surface area (Å²) in [6.07, 6.45) is 3.80. The zero-order valence-electron chi connectivity index (χ0n) is 17.0. The van der Waals surface area contributed by atoms with E-state index in [9.17, 15) is 8.42 Å². The number of guanidine groups is 1. The van der Waals surface area contributed by atoms with Crippen LogP contribution in [-0.4, -0.2) is 72.8 Å². The summed E-state index contributed by atoms with van der Waals surface area (Å²) in [6.45, 7) is 5.57. The minimum Gasteiger partial charge on any atom is -0.355 e. The highest BCUT2D eigenvalue weighted by Gasteiger charge is 2.18. The smallest absolute Gasteiger partial charge is 0.215 e. The molecule has 0 aliphatic carbocycles. The molecule has 1 N–H and O–H groups in total. The van der Waals surface area contributed by atoms with E-state index in [1.807, 2.05) is 73.2 Å². The van der Waals surface area contributed by atoms with Gasteiger partial charge in [-0.3, -0.25) is 4.99 Å². The van der Waals surface area contributed by atoms with Gasteiger partial charge in [-0.2, -0.15) is 5.10 Å². The van der Waals surface area contributed by atoms with Gasteiger partial charge in [0, 0.05) is 52.0 Å². The Morgan fingerprint density at radius 3 is 2.50 bits per heavy atom. The second-order valence-electron chi connectivity index (χ2n) is 6.36. The molecule has 154 valence electrons. The molecule has 0 amide bonds. The van der Waals surface area contributed by atoms with Crippen molar-refractivity contribution >= 4 is 16.0 Å². The van der Waals surface area contributed by atoms with E-state index < -0.39 is 10.0 Å². The molecule has 0 atom stereocenters. The summed E-state index contributed by atoms with van der Waals surface area (Å²) >= 11 is 0. The summed E-state index contributed by atoms with van der Waals surface area (Å²) in [5, 5.41) is 7.53. The molecule has 0 saturated heterocycles. The van der Waals surface area contributed by atoms with Crippen LogP contribution in [0.25, 0.3) is 5.69 Å². The summed E-state index contributed by atoms with van der Waals surface area (Å²) in [6, 6.07) is 9.91. The summed E-state index contributed by atoms with van der Waals surface area (Å²) in [5.41, 5.74) is 2.03. The van der Waals surface area contributed by atoms with E-state index in [1.54, 1.807) is 7.05 Å². The van der Waals surface area contributed by atoms with Crippen LogP contribution in [0.3, 0.4) is 0 Å². The molecule has 9 heteroatoms. The van der Waals surface area contributed by atoms with Crippen molar-refractivity contribution in [3.63, 3.8) is 0 Å². The molecule has 0 saturated carbocycles. The maximum Gasteiger partial charge on any atom is 0.215 e. The first kappa shape index (κ1) is 21.9. The molecular formula is C19H30N6O2S. The Bertz CT molecular complexity index is 860. The van der Waals surface area contributed by atoms with Crippen LogP contribution in [0, 0.1) is 0 Å². The molecule has 0 fully saturated rings. The average Bonchev–Trinajstić information content (AvgIpc) is 3.15. The number of nitrogens with zero attached hydrogens (tertiary/aromatic N) is 5. The maximum atomic E-state index is 12.3. The molecule has 1 aromatic carbocycles. The number of hydrogen-bond donors (Lipinski definition) is 1. The Labute approximate surface area is 167 Å². The first-order valence-corrected chi connectivity index (χ1v) is 11.0. The van der Waals surface area contributed by atoms with E-state index in [1.165, 1.54) is 4.31 Å². The SMILES string of the molecule is CCN(CC)S(=O)(=O)CCNC(=NC)N(C)Cc1cnn(-c2ccccc2)c1. The van der Waals surface area contributed by atoms with Crippen molar-refractivity contribution in [3.8, 4) is 5.69 Å². The molecular weight excluding hydrogens is 376 g/mol. The number of rotatable bonds is 9. The molecule has 0 bridgehead atoms. The molecule has 0 unspecified atom stereocenters. The normalized spacial score (nSPS) is 12.4. The number of aliphatic imine (C=N–C) groups is 1. The molecule has 0 aliphatic heterocycles. The van der Waals surface area contributed by atoms with Gasteiger partial charge < -0.3 is 10.2 Å². The van der Waals surface area contributed by atoms with Gasteiger partial charge in [0.1, 0.15) is 0 Å². The Morgan fingerprint density at radius 2 is 1.89 bits per heavy atom. The summed E-state index contributed by atoms with van der Waals surface area (Å²) in [4.78, 5) is 6.19. The van der Waals surface area contributed by atoms with Crippen molar-refractivity contribution < 1.29 is 8.42 Å². The molecule has 0 aliphatic rings. The van der Waals surface area contributed by atoms with Crippen LogP contribution in [0.4, 0.5) is 0 Å². The van der Waals surface area contributed by atoms with Gasteiger partial charge in [-0.15, -0.1) is 0 Å². The summed E-state index contributed by atoms with van der Waals surface area (Å²) < 4.78 is 27.9. The number of aromatic nitrogens is 2. The van der Waals surface area contributed by atoms with E-state index in [2.05, 4.69) is 15.4 Å². The van der Waals surface area contributed by atoms with Crippen molar-refractivity contribution in [2.24, 2.45) is 4.99 Å². The number of para-hydroxylation sites is 1. The van der Waals surface area contributed by atoms with Gasteiger partial charge in [0.15, 0.2) is 5.96 Å². The third-order valence-electron chi connectivity index (χ3n) is 4.39. The Kier molecular flexibility index (Phi) is 8.01. The van der Waals surface area contributed by atoms with Crippen LogP contribution < -0.4 is 5.32 Å². The van der Waals surface area contributed by atoms with Crippen molar-refractivity contribution in [1.82, 2.24) is 24.3 Å². The maximum absolute atomic E-state index is 12.3. The van der Waals surface area contributed by atoms with Crippen LogP contribution in [0.5, 0.6) is 0 Å². The Morgan fingerprint density at radius 1 is 1.21 bits per heavy atom. The lowest BCUT2D eigenvalue weighted by atomic mass is 10.3. The van der Waals surface area contributed by atoms with Crippen molar-refractivity contribution in [3.05, 3.63) is 48.3 Å². The first-order valence-electron chi connectivity index (χ1n) is 9.39. The van der Waals surface area contributed by atoms with E-state index in [0.717, 1.165) is 11.3 Å². The lowest BCUT2D eigenvalue weighted by Gasteiger charge is -2.23. The molecule has 8 nitrogen and oxygen atoms in total. The second-order valence-corrected chi connectivity index (χ2v) is 8.45. The van der Waals surface area contributed by atoms with Crippen molar-refractivity contribution in [2.45, 2.75) is 20.4 Å². The van der Waals surface area contributed by atoms with E-state index in [-0.39, 0.29) is 5.75 Å². The van der Waals surface area contributed by atoms with Crippen molar-refractivity contribution in [1.29, 1.82) is 0 Å². The van der Waals surface area contributed by atoms with E-state index >= 15 is 0 Å². The molecule has 2 rings (SSSR count). The summed E-state index contributed by atoms with van der Waals surface area (Å²) in [5.74, 6) is 0.676. The predicted octanol–water partition coefficient (Wildman–Crippen LogP) is 1.55. The predicted molar refractivity (Wildman–Crippen MR) is 113 cm³/mol. The number of nitrogens with one attached hydrogen (secondary N) is 1. The summed E-state index contributed by atoms with van der Waals surface area (Å²) in [7, 11) is 0.342. The van der Waals surface area contributed by atoms with Gasteiger partial charge in [0.2, 0.25) is 10.0 Å². The monoisotopic (exact) mass is 406 g/mol. The average molecular weight is 407 g/mol. The van der Waals surface area contributed by atoms with Gasteiger partial charge in [-0.05, 0) is 12.1 Å². The lowest BCUT2D eigenvalue weighted by molar-refractivity contribution is 0.443. The molecule has 2 aromatic rings. The van der Waals surface area contributed by atoms with Crippen LogP contribution in [0.15, 0.2) is 47.7 Å². The number of sulfonamides is 1. The molecule has 1 aromatic heterocycles. The molecule has 0 spiro atoms. The zero-order chi connectivity index (χ0) is 20.6. The van der Waals surface area contributed by atoms with Gasteiger partial charge in [-0.25, -0.2) is 17.4 Å². The molecule has 1 heterocycles. The van der Waals surface area contributed by atoms with Gasteiger partial charge in [0.05, 0.1) is 17.6 Å². The quantitative estimate of drug-likeness (QED) is 0.505. The topological polar surface area (TPSA) is 82.8 Å². The fourth-order valence-corrected chi connectivity index (χ4v) is 4.34. The minimum atomic E-state index is -3.25. The van der Waals surface area contributed by atoms with Crippen LogP contribution in [-0.2, 0) is 16.6 Å². The van der Waals surface area contributed by atoms with E-state index in [0.29, 0.717) is 32.1 Å². The highest BCUT2D eigenvalue weighted by Crippen LogP contribution is 2.09. The van der Waals surface area contributed by atoms with Crippen molar-refractivity contribution in [2.75, 3.05) is 39.5 Å². The fourth-order valence-electron chi connectivity index (χ4n) is 2.94. The fraction of sp³-hybridized carbons (Fsp3) is 0.474. The first-order chi connectivity index (χ1) is 13.4. The van der Waals surface area contributed by atoms with Gasteiger partial charge in [-0.1, -0.05) is 32.0 Å². The van der Waals surface area contributed by atoms with Crippen LogP contribution in [0.2, 0.25) is 0 Å². The minimum absolute atomic E-state index is 0.0352. The van der Waals surface area contributed by atoms with Gasteiger partial charge >= 0.3 is 0 Å². The highest BCUT2D eigenvalue weighted by atomic mass is 32.2. The third kappa shape index (κ3) is 5.80. The van der Waals surface area contributed by atoms with Crippen LogP contribution >= 0.6 is 0 Å². The van der Waals surface area contributed by atoms with Gasteiger partial charge in [0.25, 0.3) is 0 Å². The Balaban J connectivity index is 1.92. The molecule has 28 heavy (non-hydrogen) atoms. The highest BCUT2D eigenvalue weighted by molar-refractivity contribution is 7.89. The lowest BCUT2D eigenvalue weighted by Crippen LogP contribution is -2.42. The number of benzene rings is 1. The third-order valence-corrected chi connectivity index (χ3v) is 6.42. The van der Waals surface area contributed by atoms with E-state index in [4.69, 9.17) is 0 Å². The standard InChI is InChI=1S/C19H30N6O2S/c1-5-24(6-2)28(26,27)13-12-21-19(20-3)23(4)15-17-14-22-25(16-17)18-10-8-7-9-11-18/h7-11,14,16H,5-6,12-13,15H2,1-4H3,(H,20,21). The second kappa shape index (κ2) is 10.2. The number of hydrogen-bond acceptors (Lipinski definition) is 4. The molecule has 0 radical (unpaired) electrons. The largest absolute Gasteiger partial charge is 0.355 e. The zero-order valence-corrected chi connectivity index (χ0v) is 17.9. The Hall–Kier alpha value is -2.39.